The molecule has 0 aromatic rings. The molecule has 25 heavy (non-hydrogen) atoms. The number of esters is 3. The lowest BCUT2D eigenvalue weighted by atomic mass is 10.1. The van der Waals surface area contributed by atoms with E-state index in [0.717, 1.165) is 19.3 Å². The van der Waals surface area contributed by atoms with E-state index in [9.17, 15) is 19.2 Å². The summed E-state index contributed by atoms with van der Waals surface area (Å²) in [5.74, 6) is -3.19. The molecule has 2 fully saturated rings. The van der Waals surface area contributed by atoms with Gasteiger partial charge in [-0.15, -0.1) is 0 Å². The Kier molecular flexibility index (Phi) is 7.32. The number of rotatable bonds is 8. The van der Waals surface area contributed by atoms with Crippen LogP contribution in [0.15, 0.2) is 0 Å². The van der Waals surface area contributed by atoms with Crippen molar-refractivity contribution in [2.24, 2.45) is 0 Å². The molecule has 0 N–H and O–H groups in total. The van der Waals surface area contributed by atoms with Gasteiger partial charge in [-0.25, -0.2) is 14.4 Å². The molecule has 0 bridgehead atoms. The molecule has 140 valence electrons. The van der Waals surface area contributed by atoms with Crippen molar-refractivity contribution >= 4 is 24.2 Å². The highest BCUT2D eigenvalue weighted by molar-refractivity contribution is 6.29. The van der Waals surface area contributed by atoms with Crippen LogP contribution >= 0.6 is 0 Å². The summed E-state index contributed by atoms with van der Waals surface area (Å²) in [6.45, 7) is 2.25. The third-order valence-corrected chi connectivity index (χ3v) is 3.98. The maximum absolute atomic E-state index is 11.8. The zero-order valence-corrected chi connectivity index (χ0v) is 14.0. The predicted octanol–water partition coefficient (Wildman–Crippen LogP) is -0.0700. The Morgan fingerprint density at radius 2 is 1.60 bits per heavy atom. The molecule has 0 aromatic carbocycles. The van der Waals surface area contributed by atoms with Gasteiger partial charge in [0.05, 0.1) is 19.8 Å². The number of ether oxygens (including phenoxy) is 5. The standard InChI is InChI=1S/C16H22O9/c1-2-3-4-5-6-21-15(19)16(20)25-11-9-23-13-10(8-22-14(11)13)24-12(18)7-17/h7,10-11,13-14H,2-6,8-9H2,1H3/t10-,11-,13?,14?/m1/s1. The van der Waals surface area contributed by atoms with Gasteiger partial charge in [0.2, 0.25) is 6.29 Å². The molecule has 0 spiro atoms. The molecule has 4 atom stereocenters. The molecule has 2 aliphatic heterocycles. The first-order valence-electron chi connectivity index (χ1n) is 8.33. The van der Waals surface area contributed by atoms with Crippen LogP contribution in [0.5, 0.6) is 0 Å². The number of hydrogen-bond donors (Lipinski definition) is 0. The highest BCUT2D eigenvalue weighted by atomic mass is 16.7. The molecule has 0 saturated carbocycles. The summed E-state index contributed by atoms with van der Waals surface area (Å²) in [5, 5.41) is 0. The van der Waals surface area contributed by atoms with Crippen molar-refractivity contribution in [1.82, 2.24) is 0 Å². The third kappa shape index (κ3) is 5.23. The maximum atomic E-state index is 11.8. The minimum Gasteiger partial charge on any atom is -0.457 e. The van der Waals surface area contributed by atoms with Crippen molar-refractivity contribution in [3.8, 4) is 0 Å². The summed E-state index contributed by atoms with van der Waals surface area (Å²) in [7, 11) is 0. The van der Waals surface area contributed by atoms with E-state index in [2.05, 4.69) is 6.92 Å². The zero-order valence-electron chi connectivity index (χ0n) is 14.0. The van der Waals surface area contributed by atoms with Crippen LogP contribution in [-0.4, -0.2) is 68.4 Å². The van der Waals surface area contributed by atoms with Crippen LogP contribution in [0.4, 0.5) is 0 Å². The van der Waals surface area contributed by atoms with E-state index >= 15 is 0 Å². The molecule has 0 amide bonds. The zero-order chi connectivity index (χ0) is 18.2. The summed E-state index contributed by atoms with van der Waals surface area (Å²) in [6.07, 6.45) is 0.904. The lowest BCUT2D eigenvalue weighted by Crippen LogP contribution is -2.37. The van der Waals surface area contributed by atoms with Gasteiger partial charge in [0.15, 0.2) is 12.2 Å². The number of hydrogen-bond acceptors (Lipinski definition) is 9. The Morgan fingerprint density at radius 1 is 0.960 bits per heavy atom. The fraction of sp³-hybridized carbons (Fsp3) is 0.750. The highest BCUT2D eigenvalue weighted by Gasteiger charge is 2.51. The second kappa shape index (κ2) is 9.47. The topological polar surface area (TPSA) is 114 Å². The minimum absolute atomic E-state index is 0.00000685. The average Bonchev–Trinajstić information content (AvgIpc) is 3.18. The first-order valence-corrected chi connectivity index (χ1v) is 8.33. The molecule has 0 aliphatic carbocycles. The summed E-state index contributed by atoms with van der Waals surface area (Å²) >= 11 is 0. The van der Waals surface area contributed by atoms with Crippen molar-refractivity contribution in [1.29, 1.82) is 0 Å². The average molecular weight is 358 g/mol. The van der Waals surface area contributed by atoms with E-state index in [1.807, 2.05) is 0 Å². The maximum Gasteiger partial charge on any atom is 0.417 e. The molecule has 2 aliphatic rings. The van der Waals surface area contributed by atoms with E-state index in [1.54, 1.807) is 0 Å². The number of carbonyl (C=O) groups excluding carboxylic acids is 4. The van der Waals surface area contributed by atoms with Crippen LogP contribution < -0.4 is 0 Å². The van der Waals surface area contributed by atoms with Gasteiger partial charge < -0.3 is 23.7 Å². The molecular formula is C16H22O9. The van der Waals surface area contributed by atoms with E-state index in [4.69, 9.17) is 23.7 Å². The van der Waals surface area contributed by atoms with Crippen LogP contribution in [0.2, 0.25) is 0 Å². The largest absolute Gasteiger partial charge is 0.457 e. The molecular weight excluding hydrogens is 336 g/mol. The summed E-state index contributed by atoms with van der Waals surface area (Å²) < 4.78 is 25.6. The third-order valence-electron chi connectivity index (χ3n) is 3.98. The van der Waals surface area contributed by atoms with Crippen LogP contribution in [-0.2, 0) is 42.9 Å². The number of aldehydes is 1. The monoisotopic (exact) mass is 358 g/mol. The Labute approximate surface area is 144 Å². The van der Waals surface area contributed by atoms with Gasteiger partial charge >= 0.3 is 17.9 Å². The van der Waals surface area contributed by atoms with Gasteiger partial charge in [0, 0.05) is 0 Å². The first kappa shape index (κ1) is 19.3. The van der Waals surface area contributed by atoms with E-state index in [0.29, 0.717) is 6.42 Å². The fourth-order valence-corrected chi connectivity index (χ4v) is 2.75. The van der Waals surface area contributed by atoms with Gasteiger partial charge in [-0.05, 0) is 6.42 Å². The van der Waals surface area contributed by atoms with Crippen molar-refractivity contribution in [3.63, 3.8) is 0 Å². The molecule has 9 nitrogen and oxygen atoms in total. The van der Waals surface area contributed by atoms with E-state index in [1.165, 1.54) is 0 Å². The van der Waals surface area contributed by atoms with Crippen molar-refractivity contribution in [2.75, 3.05) is 19.8 Å². The van der Waals surface area contributed by atoms with Gasteiger partial charge in [0.1, 0.15) is 12.2 Å². The Hall–Kier alpha value is -2.00. The van der Waals surface area contributed by atoms with Gasteiger partial charge in [0.25, 0.3) is 0 Å². The lowest BCUT2D eigenvalue weighted by molar-refractivity contribution is -0.173. The Bertz CT molecular complexity index is 504. The summed E-state index contributed by atoms with van der Waals surface area (Å²) in [4.78, 5) is 44.8. The van der Waals surface area contributed by atoms with Crippen LogP contribution in [0.25, 0.3) is 0 Å². The number of carbonyl (C=O) groups is 4. The molecule has 2 rings (SSSR count). The van der Waals surface area contributed by atoms with E-state index < -0.39 is 42.3 Å². The van der Waals surface area contributed by atoms with Crippen LogP contribution in [0, 0.1) is 0 Å². The quantitative estimate of drug-likeness (QED) is 0.193. The smallest absolute Gasteiger partial charge is 0.417 e. The predicted molar refractivity (Wildman–Crippen MR) is 80.4 cm³/mol. The van der Waals surface area contributed by atoms with Gasteiger partial charge in [-0.2, -0.15) is 0 Å². The van der Waals surface area contributed by atoms with Crippen LogP contribution in [0.3, 0.4) is 0 Å². The Balaban J connectivity index is 1.74. The van der Waals surface area contributed by atoms with E-state index in [-0.39, 0.29) is 26.1 Å². The molecule has 0 radical (unpaired) electrons. The Morgan fingerprint density at radius 3 is 2.20 bits per heavy atom. The second-order valence-corrected chi connectivity index (χ2v) is 5.83. The second-order valence-electron chi connectivity index (χ2n) is 5.83. The SMILES string of the molecule is CCCCCCOC(=O)C(=O)O[C@@H]1COC2C1OC[C@H]2OC(=O)C=O. The normalized spacial score (nSPS) is 27.4. The molecule has 2 saturated heterocycles. The minimum atomic E-state index is -1.11. The highest BCUT2D eigenvalue weighted by Crippen LogP contribution is 2.30. The summed E-state index contributed by atoms with van der Waals surface area (Å²) in [5.41, 5.74) is 0. The van der Waals surface area contributed by atoms with Gasteiger partial charge in [-0.3, -0.25) is 4.79 Å². The van der Waals surface area contributed by atoms with Crippen molar-refractivity contribution in [3.05, 3.63) is 0 Å². The molecule has 0 aromatic heterocycles. The number of unbranched alkanes of at least 4 members (excludes halogenated alkanes) is 3. The molecule has 2 unspecified atom stereocenters. The van der Waals surface area contributed by atoms with Crippen LogP contribution in [0.1, 0.15) is 32.6 Å². The number of fused-ring (bicyclic) bond motifs is 1. The summed E-state index contributed by atoms with van der Waals surface area (Å²) in [6, 6.07) is 0. The molecule has 9 heteroatoms. The van der Waals surface area contributed by atoms with Gasteiger partial charge in [-0.1, -0.05) is 26.2 Å². The first-order chi connectivity index (χ1) is 12.1. The molecule has 2 heterocycles. The fourth-order valence-electron chi connectivity index (χ4n) is 2.75. The lowest BCUT2D eigenvalue weighted by Gasteiger charge is -2.16. The van der Waals surface area contributed by atoms with Crippen molar-refractivity contribution in [2.45, 2.75) is 57.0 Å². The van der Waals surface area contributed by atoms with Crippen molar-refractivity contribution < 1.29 is 42.9 Å².